The third-order valence-electron chi connectivity index (χ3n) is 2.86. The third kappa shape index (κ3) is 4.59. The van der Waals surface area contributed by atoms with Crippen molar-refractivity contribution >= 4 is 17.6 Å². The van der Waals surface area contributed by atoms with Crippen LogP contribution in [0.15, 0.2) is 15.0 Å². The van der Waals surface area contributed by atoms with E-state index in [0.29, 0.717) is 12.2 Å². The van der Waals surface area contributed by atoms with Crippen molar-refractivity contribution in [3.05, 3.63) is 17.5 Å². The number of hydrogen-bond acceptors (Lipinski definition) is 6. The molecule has 1 aliphatic heterocycles. The van der Waals surface area contributed by atoms with Crippen molar-refractivity contribution in [2.24, 2.45) is 4.40 Å². The zero-order chi connectivity index (χ0) is 14.6. The van der Waals surface area contributed by atoms with Gasteiger partial charge in [0.1, 0.15) is 28.0 Å². The largest absolute Gasteiger partial charge is 0.591 e. The SMILES string of the molecule is CC(C)(C)[S@@+]([O-])/N=C/c1cc(CN2CCOCC2)on1. The predicted octanol–water partition coefficient (Wildman–Crippen LogP) is 1.39. The summed E-state index contributed by atoms with van der Waals surface area (Å²) >= 11 is -1.27. The highest BCUT2D eigenvalue weighted by Crippen LogP contribution is 2.17. The van der Waals surface area contributed by atoms with Gasteiger partial charge in [0, 0.05) is 19.2 Å². The van der Waals surface area contributed by atoms with Crippen LogP contribution in [0.4, 0.5) is 0 Å². The Morgan fingerprint density at radius 1 is 1.45 bits per heavy atom. The van der Waals surface area contributed by atoms with Crippen molar-refractivity contribution in [3.63, 3.8) is 0 Å². The van der Waals surface area contributed by atoms with E-state index in [9.17, 15) is 4.55 Å². The monoisotopic (exact) mass is 299 g/mol. The summed E-state index contributed by atoms with van der Waals surface area (Å²) in [7, 11) is 0. The summed E-state index contributed by atoms with van der Waals surface area (Å²) in [5.41, 5.74) is 0.603. The van der Waals surface area contributed by atoms with E-state index in [4.69, 9.17) is 9.26 Å². The number of hydrogen-bond donors (Lipinski definition) is 0. The van der Waals surface area contributed by atoms with Gasteiger partial charge in [-0.15, -0.1) is 0 Å². The van der Waals surface area contributed by atoms with Gasteiger partial charge in [0.05, 0.1) is 19.8 Å². The molecule has 112 valence electrons. The molecule has 0 N–H and O–H groups in total. The van der Waals surface area contributed by atoms with Crippen molar-refractivity contribution < 1.29 is 13.8 Å². The van der Waals surface area contributed by atoms with E-state index in [-0.39, 0.29) is 4.75 Å². The number of ether oxygens (including phenoxy) is 1. The summed E-state index contributed by atoms with van der Waals surface area (Å²) in [5.74, 6) is 0.787. The molecule has 0 radical (unpaired) electrons. The lowest BCUT2D eigenvalue weighted by molar-refractivity contribution is 0.0305. The van der Waals surface area contributed by atoms with E-state index in [2.05, 4.69) is 14.5 Å². The van der Waals surface area contributed by atoms with E-state index in [1.54, 1.807) is 0 Å². The first-order valence-corrected chi connectivity index (χ1v) is 7.77. The minimum atomic E-state index is -1.27. The van der Waals surface area contributed by atoms with E-state index in [1.165, 1.54) is 6.21 Å². The van der Waals surface area contributed by atoms with Crippen LogP contribution in [0.3, 0.4) is 0 Å². The van der Waals surface area contributed by atoms with Gasteiger partial charge in [0.2, 0.25) is 0 Å². The highest BCUT2D eigenvalue weighted by molar-refractivity contribution is 7.91. The number of rotatable bonds is 4. The molecular weight excluding hydrogens is 278 g/mol. The molecule has 1 fully saturated rings. The second-order valence-corrected chi connectivity index (χ2v) is 7.64. The maximum absolute atomic E-state index is 11.8. The van der Waals surface area contributed by atoms with Crippen molar-refractivity contribution in [3.8, 4) is 0 Å². The Morgan fingerprint density at radius 2 is 2.15 bits per heavy atom. The van der Waals surface area contributed by atoms with Crippen LogP contribution in [0.2, 0.25) is 0 Å². The first-order chi connectivity index (χ1) is 9.45. The molecule has 0 aromatic carbocycles. The van der Waals surface area contributed by atoms with Crippen molar-refractivity contribution in [1.29, 1.82) is 0 Å². The fraction of sp³-hybridized carbons (Fsp3) is 0.692. The van der Waals surface area contributed by atoms with Crippen LogP contribution < -0.4 is 0 Å². The molecular formula is C13H21N3O3S. The maximum Gasteiger partial charge on any atom is 0.151 e. The minimum Gasteiger partial charge on any atom is -0.591 e. The van der Waals surface area contributed by atoms with Crippen LogP contribution in [0.25, 0.3) is 0 Å². The van der Waals surface area contributed by atoms with Crippen LogP contribution in [-0.2, 0) is 22.6 Å². The fourth-order valence-corrected chi connectivity index (χ4v) is 2.22. The molecule has 0 amide bonds. The molecule has 0 spiro atoms. The summed E-state index contributed by atoms with van der Waals surface area (Å²) in [4.78, 5) is 2.25. The lowest BCUT2D eigenvalue weighted by atomic mass is 10.3. The Morgan fingerprint density at radius 3 is 2.80 bits per heavy atom. The van der Waals surface area contributed by atoms with Gasteiger partial charge in [-0.25, -0.2) is 0 Å². The average Bonchev–Trinajstić information content (AvgIpc) is 2.83. The summed E-state index contributed by atoms with van der Waals surface area (Å²) in [6, 6.07) is 1.83. The Kier molecular flexibility index (Phi) is 5.20. The molecule has 0 unspecified atom stereocenters. The van der Waals surface area contributed by atoms with Crippen LogP contribution in [-0.4, -0.2) is 51.9 Å². The van der Waals surface area contributed by atoms with E-state index in [1.807, 2.05) is 26.8 Å². The highest BCUT2D eigenvalue weighted by atomic mass is 32.2. The molecule has 7 heteroatoms. The van der Waals surface area contributed by atoms with Crippen molar-refractivity contribution in [2.45, 2.75) is 32.1 Å². The lowest BCUT2D eigenvalue weighted by Crippen LogP contribution is -2.35. The molecule has 0 bridgehead atoms. The molecule has 1 atom stereocenters. The molecule has 6 nitrogen and oxygen atoms in total. The Hall–Kier alpha value is -0.890. The van der Waals surface area contributed by atoms with Gasteiger partial charge in [-0.1, -0.05) is 9.55 Å². The van der Waals surface area contributed by atoms with Crippen LogP contribution in [0, 0.1) is 0 Å². The standard InChI is InChI=1S/C13H21N3O3S/c1-13(2,3)20(17)14-9-11-8-12(19-15-11)10-16-4-6-18-7-5-16/h8-9H,4-7,10H2,1-3H3/b14-9+/t20-/m1/s1. The lowest BCUT2D eigenvalue weighted by Gasteiger charge is -2.25. The van der Waals surface area contributed by atoms with Gasteiger partial charge in [0.15, 0.2) is 5.76 Å². The number of nitrogens with zero attached hydrogens (tertiary/aromatic N) is 3. The topological polar surface area (TPSA) is 73.9 Å². The predicted molar refractivity (Wildman–Crippen MR) is 78.1 cm³/mol. The highest BCUT2D eigenvalue weighted by Gasteiger charge is 2.26. The molecule has 2 rings (SSSR count). The summed E-state index contributed by atoms with van der Waals surface area (Å²) < 4.78 is 26.0. The quantitative estimate of drug-likeness (QED) is 0.620. The van der Waals surface area contributed by atoms with Crippen LogP contribution in [0.5, 0.6) is 0 Å². The van der Waals surface area contributed by atoms with Crippen LogP contribution >= 0.6 is 0 Å². The molecule has 2 heterocycles. The summed E-state index contributed by atoms with van der Waals surface area (Å²) in [5, 5.41) is 3.92. The zero-order valence-electron chi connectivity index (χ0n) is 12.2. The van der Waals surface area contributed by atoms with Gasteiger partial charge in [-0.05, 0) is 20.8 Å². The van der Waals surface area contributed by atoms with Crippen molar-refractivity contribution in [1.82, 2.24) is 10.1 Å². The molecule has 1 aromatic heterocycles. The first kappa shape index (κ1) is 15.5. The molecule has 0 aliphatic carbocycles. The second-order valence-electron chi connectivity index (χ2n) is 5.70. The van der Waals surface area contributed by atoms with Gasteiger partial charge < -0.3 is 13.8 Å². The smallest absolute Gasteiger partial charge is 0.151 e. The Bertz CT molecular complexity index is 450. The molecule has 0 saturated carbocycles. The second kappa shape index (κ2) is 6.71. The van der Waals surface area contributed by atoms with Gasteiger partial charge >= 0.3 is 0 Å². The Labute approximate surface area is 122 Å². The summed E-state index contributed by atoms with van der Waals surface area (Å²) in [6.45, 7) is 9.68. The van der Waals surface area contributed by atoms with Gasteiger partial charge in [-0.2, -0.15) is 0 Å². The van der Waals surface area contributed by atoms with Crippen LogP contribution in [0.1, 0.15) is 32.2 Å². The van der Waals surface area contributed by atoms with Crippen molar-refractivity contribution in [2.75, 3.05) is 26.3 Å². The summed E-state index contributed by atoms with van der Waals surface area (Å²) in [6.07, 6.45) is 1.51. The van der Waals surface area contributed by atoms with Gasteiger partial charge in [0.25, 0.3) is 0 Å². The molecule has 1 saturated heterocycles. The van der Waals surface area contributed by atoms with E-state index >= 15 is 0 Å². The minimum absolute atomic E-state index is 0.364. The normalized spacial score (nSPS) is 19.6. The van der Waals surface area contributed by atoms with Gasteiger partial charge in [-0.3, -0.25) is 4.90 Å². The Balaban J connectivity index is 1.90. The molecule has 1 aromatic rings. The average molecular weight is 299 g/mol. The van der Waals surface area contributed by atoms with E-state index < -0.39 is 11.4 Å². The third-order valence-corrected chi connectivity index (χ3v) is 4.21. The first-order valence-electron chi connectivity index (χ1n) is 6.67. The molecule has 1 aliphatic rings. The maximum atomic E-state index is 11.8. The molecule has 20 heavy (non-hydrogen) atoms. The number of morpholine rings is 1. The van der Waals surface area contributed by atoms with E-state index in [0.717, 1.165) is 32.1 Å². The zero-order valence-corrected chi connectivity index (χ0v) is 13.0. The fourth-order valence-electron chi connectivity index (χ4n) is 1.70. The number of aromatic nitrogens is 1.